The molecule has 10 nitrogen and oxygen atoms in total. The normalized spacial score (nSPS) is 27.6. The van der Waals surface area contributed by atoms with Crippen LogP contribution in [0.1, 0.15) is 59.3 Å². The van der Waals surface area contributed by atoms with Gasteiger partial charge in [0.25, 0.3) is 0 Å². The van der Waals surface area contributed by atoms with Gasteiger partial charge >= 0.3 is 12.1 Å². The van der Waals surface area contributed by atoms with Crippen molar-refractivity contribution in [3.05, 3.63) is 54.6 Å². The van der Waals surface area contributed by atoms with Crippen LogP contribution in [0.2, 0.25) is 0 Å². The summed E-state index contributed by atoms with van der Waals surface area (Å²) in [4.78, 5) is 56.9. The summed E-state index contributed by atoms with van der Waals surface area (Å²) in [6.45, 7) is 6.16. The molecule has 2 aromatic carbocycles. The van der Waals surface area contributed by atoms with E-state index in [0.717, 1.165) is 35.7 Å². The molecule has 10 heteroatoms. The molecule has 4 atom stereocenters. The van der Waals surface area contributed by atoms with Gasteiger partial charge in [0.15, 0.2) is 0 Å². The molecular formula is C33H42N4O6. The number of allylic oxidation sites excluding steroid dienone is 1. The van der Waals surface area contributed by atoms with Crippen LogP contribution in [0.5, 0.6) is 0 Å². The van der Waals surface area contributed by atoms with Crippen molar-refractivity contribution in [2.45, 2.75) is 82.5 Å². The van der Waals surface area contributed by atoms with Crippen molar-refractivity contribution in [2.24, 2.45) is 5.92 Å². The highest BCUT2D eigenvalue weighted by atomic mass is 16.6. The number of piperazine rings is 1. The Labute approximate surface area is 252 Å². The maximum Gasteiger partial charge on any atom is 0.408 e. The summed E-state index contributed by atoms with van der Waals surface area (Å²) in [5.74, 6) is -2.26. The molecule has 1 unspecified atom stereocenters. The number of nitrogens with one attached hydrogen (secondary N) is 2. The third kappa shape index (κ3) is 6.78. The highest BCUT2D eigenvalue weighted by Crippen LogP contribution is 2.45. The van der Waals surface area contributed by atoms with Gasteiger partial charge in [-0.25, -0.2) is 9.59 Å². The lowest BCUT2D eigenvalue weighted by atomic mass is 10.0. The fourth-order valence-corrected chi connectivity index (χ4v) is 6.20. The first-order chi connectivity index (χ1) is 20.5. The molecule has 3 aliphatic rings. The van der Waals surface area contributed by atoms with Gasteiger partial charge in [0, 0.05) is 36.6 Å². The molecule has 1 aliphatic carbocycles. The molecule has 5 rings (SSSR count). The van der Waals surface area contributed by atoms with Crippen LogP contribution in [0.3, 0.4) is 0 Å². The summed E-state index contributed by atoms with van der Waals surface area (Å²) >= 11 is 0. The Morgan fingerprint density at radius 3 is 2.58 bits per heavy atom. The third-order valence-electron chi connectivity index (χ3n) is 8.54. The number of nitrogens with zero attached hydrogens (tertiary/aromatic N) is 2. The van der Waals surface area contributed by atoms with Crippen molar-refractivity contribution < 1.29 is 29.0 Å². The van der Waals surface area contributed by atoms with E-state index in [4.69, 9.17) is 4.74 Å². The van der Waals surface area contributed by atoms with E-state index in [1.54, 1.807) is 20.8 Å². The van der Waals surface area contributed by atoms with Gasteiger partial charge in [0.05, 0.1) is 0 Å². The molecule has 2 heterocycles. The molecule has 0 aromatic heterocycles. The quantitative estimate of drug-likeness (QED) is 0.457. The molecule has 230 valence electrons. The minimum Gasteiger partial charge on any atom is -0.479 e. The maximum absolute atomic E-state index is 14.2. The van der Waals surface area contributed by atoms with Crippen LogP contribution < -0.4 is 15.5 Å². The largest absolute Gasteiger partial charge is 0.479 e. The number of ether oxygens (including phenoxy) is 1. The molecule has 2 fully saturated rings. The van der Waals surface area contributed by atoms with Gasteiger partial charge in [-0.15, -0.1) is 0 Å². The number of hydrogen-bond donors (Lipinski definition) is 3. The van der Waals surface area contributed by atoms with E-state index in [0.29, 0.717) is 25.8 Å². The maximum atomic E-state index is 14.2. The number of aliphatic carboxylic acids is 1. The van der Waals surface area contributed by atoms with E-state index in [1.807, 2.05) is 54.6 Å². The number of fused-ring (bicyclic) bond motifs is 3. The van der Waals surface area contributed by atoms with E-state index in [9.17, 15) is 24.3 Å². The Hall–Kier alpha value is -4.08. The number of amides is 3. The summed E-state index contributed by atoms with van der Waals surface area (Å²) < 4.78 is 5.46. The third-order valence-corrected chi connectivity index (χ3v) is 8.54. The predicted octanol–water partition coefficient (Wildman–Crippen LogP) is 4.23. The van der Waals surface area contributed by atoms with Gasteiger partial charge in [-0.05, 0) is 57.9 Å². The number of carbonyl (C=O) groups is 4. The lowest BCUT2D eigenvalue weighted by Crippen LogP contribution is -2.65. The first kappa shape index (κ1) is 30.4. The molecule has 3 N–H and O–H groups in total. The topological polar surface area (TPSA) is 128 Å². The van der Waals surface area contributed by atoms with Gasteiger partial charge < -0.3 is 30.3 Å². The van der Waals surface area contributed by atoms with E-state index < -0.39 is 41.2 Å². The van der Waals surface area contributed by atoms with Crippen molar-refractivity contribution in [1.29, 1.82) is 0 Å². The monoisotopic (exact) mass is 590 g/mol. The Morgan fingerprint density at radius 2 is 1.81 bits per heavy atom. The Morgan fingerprint density at radius 1 is 1.05 bits per heavy atom. The molecule has 3 amide bonds. The second kappa shape index (κ2) is 12.3. The molecule has 0 spiro atoms. The van der Waals surface area contributed by atoms with Gasteiger partial charge in [-0.3, -0.25) is 9.59 Å². The Bertz CT molecular complexity index is 1410. The second-order valence-electron chi connectivity index (χ2n) is 12.8. The lowest BCUT2D eigenvalue weighted by Gasteiger charge is -2.43. The summed E-state index contributed by atoms with van der Waals surface area (Å²) in [5, 5.41) is 17.8. The summed E-state index contributed by atoms with van der Waals surface area (Å²) in [7, 11) is 0. The van der Waals surface area contributed by atoms with E-state index in [-0.39, 0.29) is 24.9 Å². The summed E-state index contributed by atoms with van der Waals surface area (Å²) in [6.07, 6.45) is 7.09. The van der Waals surface area contributed by atoms with Gasteiger partial charge in [-0.2, -0.15) is 0 Å². The second-order valence-corrected chi connectivity index (χ2v) is 12.8. The minimum atomic E-state index is -1.39. The van der Waals surface area contributed by atoms with Crippen molar-refractivity contribution in [2.75, 3.05) is 24.5 Å². The standard InChI is InChI=1S/C33H42N4O6/c1-32(2,3)43-31(42)34-25-16-8-6-4-5-7-14-23-20-33(23,30(40)41)35-28(38)27-21-36(18-19-37(27)29(25)39)26-17-11-13-22-12-9-10-15-24(22)26/h7,9-15,17,23,25,27H,4-6,8,16,18-21H2,1-3H3,(H,34,42)(H,35,38)(H,40,41)/b14-7+/t23?,25-,27-,33-/m0/s1. The highest BCUT2D eigenvalue weighted by molar-refractivity contribution is 5.98. The fourth-order valence-electron chi connectivity index (χ4n) is 6.20. The van der Waals surface area contributed by atoms with Crippen molar-refractivity contribution in [1.82, 2.24) is 15.5 Å². The van der Waals surface area contributed by atoms with Crippen LogP contribution >= 0.6 is 0 Å². The average Bonchev–Trinajstić information content (AvgIpc) is 3.67. The smallest absolute Gasteiger partial charge is 0.408 e. The van der Waals surface area contributed by atoms with Crippen LogP contribution in [-0.2, 0) is 19.1 Å². The number of carboxylic acids is 1. The number of hydrogen-bond acceptors (Lipinski definition) is 6. The number of benzene rings is 2. The number of rotatable bonds is 3. The van der Waals surface area contributed by atoms with Crippen LogP contribution in [-0.4, -0.2) is 76.7 Å². The zero-order chi connectivity index (χ0) is 30.8. The molecule has 43 heavy (non-hydrogen) atoms. The molecule has 1 saturated carbocycles. The lowest BCUT2D eigenvalue weighted by molar-refractivity contribution is -0.147. The molecule has 1 saturated heterocycles. The van der Waals surface area contributed by atoms with Crippen LogP contribution in [0.4, 0.5) is 10.5 Å². The van der Waals surface area contributed by atoms with Crippen molar-refractivity contribution >= 4 is 40.3 Å². The fraction of sp³-hybridized carbons (Fsp3) is 0.515. The van der Waals surface area contributed by atoms with Gasteiger partial charge in [0.2, 0.25) is 11.8 Å². The van der Waals surface area contributed by atoms with Crippen molar-refractivity contribution in [3.63, 3.8) is 0 Å². The van der Waals surface area contributed by atoms with E-state index >= 15 is 0 Å². The molecule has 0 radical (unpaired) electrons. The molecule has 0 bridgehead atoms. The number of carbonyl (C=O) groups excluding carboxylic acids is 3. The zero-order valence-corrected chi connectivity index (χ0v) is 25.2. The zero-order valence-electron chi connectivity index (χ0n) is 25.2. The average molecular weight is 591 g/mol. The first-order valence-electron chi connectivity index (χ1n) is 15.2. The molecule has 2 aliphatic heterocycles. The first-order valence-corrected chi connectivity index (χ1v) is 15.2. The molecule has 2 aromatic rings. The van der Waals surface area contributed by atoms with E-state index in [1.165, 1.54) is 4.90 Å². The number of carboxylic acid groups (broad SMARTS) is 1. The Kier molecular flexibility index (Phi) is 8.66. The van der Waals surface area contributed by atoms with Gasteiger partial charge in [0.1, 0.15) is 23.2 Å². The van der Waals surface area contributed by atoms with Crippen LogP contribution in [0.15, 0.2) is 54.6 Å². The minimum absolute atomic E-state index is 0.181. The SMILES string of the molecule is CC(C)(C)OC(=O)N[C@H]1CCCCC/C=C/C2C[C@]2(C(=O)O)NC(=O)[C@@H]2CN(c3cccc4ccccc34)CCN2C1=O. The Balaban J connectivity index is 1.47. The molecular weight excluding hydrogens is 548 g/mol. The van der Waals surface area contributed by atoms with E-state index in [2.05, 4.69) is 15.5 Å². The summed E-state index contributed by atoms with van der Waals surface area (Å²) in [6, 6.07) is 12.1. The van der Waals surface area contributed by atoms with Gasteiger partial charge in [-0.1, -0.05) is 61.4 Å². The van der Waals surface area contributed by atoms with Crippen LogP contribution in [0.25, 0.3) is 10.8 Å². The highest BCUT2D eigenvalue weighted by Gasteiger charge is 2.61. The predicted molar refractivity (Wildman–Crippen MR) is 164 cm³/mol. The van der Waals surface area contributed by atoms with Crippen molar-refractivity contribution in [3.8, 4) is 0 Å². The summed E-state index contributed by atoms with van der Waals surface area (Å²) in [5.41, 5.74) is -1.19. The number of anilines is 1. The van der Waals surface area contributed by atoms with Crippen LogP contribution in [0, 0.1) is 5.92 Å². The number of alkyl carbamates (subject to hydrolysis) is 1.